The molecule has 0 fully saturated rings. The van der Waals surface area contributed by atoms with Gasteiger partial charge in [0.25, 0.3) is 5.91 Å². The highest BCUT2D eigenvalue weighted by atomic mass is 32.1. The third kappa shape index (κ3) is 5.39. The molecular weight excluding hydrogens is 333 g/mol. The van der Waals surface area contributed by atoms with E-state index in [1.807, 2.05) is 0 Å². The quantitative estimate of drug-likeness (QED) is 0.715. The summed E-state index contributed by atoms with van der Waals surface area (Å²) >= 11 is 1.19. The Balaban J connectivity index is 1.86. The topological polar surface area (TPSA) is 80.3 Å². The summed E-state index contributed by atoms with van der Waals surface area (Å²) < 4.78 is 18.5. The van der Waals surface area contributed by atoms with Gasteiger partial charge in [-0.25, -0.2) is 9.37 Å². The number of hydrogen-bond donors (Lipinski definition) is 2. The van der Waals surface area contributed by atoms with Crippen molar-refractivity contribution in [3.63, 3.8) is 0 Å². The van der Waals surface area contributed by atoms with Gasteiger partial charge in [0, 0.05) is 25.6 Å². The molecular formula is C16H18FN3O3S. The van der Waals surface area contributed by atoms with Gasteiger partial charge in [0.2, 0.25) is 5.91 Å². The lowest BCUT2D eigenvalue weighted by molar-refractivity contribution is -0.120. The summed E-state index contributed by atoms with van der Waals surface area (Å²) in [6.45, 7) is 1.12. The van der Waals surface area contributed by atoms with Crippen molar-refractivity contribution in [3.8, 4) is 0 Å². The Morgan fingerprint density at radius 2 is 2.12 bits per heavy atom. The van der Waals surface area contributed by atoms with E-state index >= 15 is 0 Å². The Morgan fingerprint density at radius 3 is 2.88 bits per heavy atom. The number of hydrogen-bond acceptors (Lipinski definition) is 5. The molecule has 6 nitrogen and oxygen atoms in total. The van der Waals surface area contributed by atoms with E-state index in [2.05, 4.69) is 15.6 Å². The Hall–Kier alpha value is -2.32. The Bertz CT molecular complexity index is 705. The van der Waals surface area contributed by atoms with Gasteiger partial charge in [-0.1, -0.05) is 12.1 Å². The molecule has 2 amide bonds. The molecule has 8 heteroatoms. The zero-order valence-electron chi connectivity index (χ0n) is 13.2. The van der Waals surface area contributed by atoms with Crippen LogP contribution in [0.15, 0.2) is 29.6 Å². The molecule has 0 bridgehead atoms. The van der Waals surface area contributed by atoms with E-state index in [1.165, 1.54) is 29.5 Å². The summed E-state index contributed by atoms with van der Waals surface area (Å²) in [5.41, 5.74) is 0.498. The van der Waals surface area contributed by atoms with Crippen molar-refractivity contribution in [2.24, 2.45) is 0 Å². The van der Waals surface area contributed by atoms with Crippen LogP contribution in [0.5, 0.6) is 0 Å². The van der Waals surface area contributed by atoms with E-state index in [0.717, 1.165) is 6.42 Å². The number of carbonyl (C=O) groups is 2. The van der Waals surface area contributed by atoms with E-state index in [9.17, 15) is 14.0 Å². The second kappa shape index (κ2) is 9.09. The summed E-state index contributed by atoms with van der Waals surface area (Å²) in [7, 11) is 1.61. The summed E-state index contributed by atoms with van der Waals surface area (Å²) in [5.74, 6) is -1.32. The Kier molecular flexibility index (Phi) is 6.83. The highest BCUT2D eigenvalue weighted by molar-refractivity contribution is 7.14. The van der Waals surface area contributed by atoms with Gasteiger partial charge in [-0.3, -0.25) is 14.9 Å². The molecule has 1 aromatic carbocycles. The number of nitrogens with one attached hydrogen (secondary N) is 2. The lowest BCUT2D eigenvalue weighted by atomic mass is 10.2. The SMILES string of the molecule is COCCCNC(=O)Cc1csc(NC(=O)c2ccccc2F)n1. The van der Waals surface area contributed by atoms with Crippen LogP contribution in [0.3, 0.4) is 0 Å². The van der Waals surface area contributed by atoms with Gasteiger partial charge < -0.3 is 10.1 Å². The number of carbonyl (C=O) groups excluding carboxylic acids is 2. The maximum absolute atomic E-state index is 13.6. The van der Waals surface area contributed by atoms with Gasteiger partial charge in [-0.2, -0.15) is 0 Å². The molecule has 0 saturated carbocycles. The second-order valence-electron chi connectivity index (χ2n) is 4.95. The van der Waals surface area contributed by atoms with E-state index in [4.69, 9.17) is 4.74 Å². The second-order valence-corrected chi connectivity index (χ2v) is 5.81. The number of methoxy groups -OCH3 is 1. The molecule has 2 N–H and O–H groups in total. The summed E-state index contributed by atoms with van der Waals surface area (Å²) in [4.78, 5) is 27.9. The normalized spacial score (nSPS) is 10.4. The van der Waals surface area contributed by atoms with Gasteiger partial charge in [0.1, 0.15) is 5.82 Å². The van der Waals surface area contributed by atoms with Crippen molar-refractivity contribution >= 4 is 28.3 Å². The smallest absolute Gasteiger partial charge is 0.260 e. The Labute approximate surface area is 143 Å². The van der Waals surface area contributed by atoms with Crippen molar-refractivity contribution in [1.29, 1.82) is 0 Å². The summed E-state index contributed by atoms with van der Waals surface area (Å²) in [6, 6.07) is 5.71. The first-order chi connectivity index (χ1) is 11.6. The molecule has 1 heterocycles. The third-order valence-corrected chi connectivity index (χ3v) is 3.89. The molecule has 1 aromatic heterocycles. The van der Waals surface area contributed by atoms with Gasteiger partial charge in [-0.15, -0.1) is 11.3 Å². The molecule has 128 valence electrons. The van der Waals surface area contributed by atoms with Crippen molar-refractivity contribution in [1.82, 2.24) is 10.3 Å². The van der Waals surface area contributed by atoms with Gasteiger partial charge in [0.15, 0.2) is 5.13 Å². The zero-order valence-corrected chi connectivity index (χ0v) is 14.0. The number of ether oxygens (including phenoxy) is 1. The third-order valence-electron chi connectivity index (χ3n) is 3.08. The molecule has 0 radical (unpaired) electrons. The fraction of sp³-hybridized carbons (Fsp3) is 0.312. The Morgan fingerprint density at radius 1 is 1.33 bits per heavy atom. The number of nitrogens with zero attached hydrogens (tertiary/aromatic N) is 1. The number of anilines is 1. The van der Waals surface area contributed by atoms with Gasteiger partial charge in [-0.05, 0) is 18.6 Å². The number of thiazole rings is 1. The van der Waals surface area contributed by atoms with Crippen LogP contribution in [0.1, 0.15) is 22.5 Å². The first-order valence-electron chi connectivity index (χ1n) is 7.36. The minimum Gasteiger partial charge on any atom is -0.385 e. The predicted molar refractivity (Wildman–Crippen MR) is 89.7 cm³/mol. The van der Waals surface area contributed by atoms with Crippen molar-refractivity contribution < 1.29 is 18.7 Å². The van der Waals surface area contributed by atoms with Crippen LogP contribution in [-0.4, -0.2) is 37.1 Å². The lowest BCUT2D eigenvalue weighted by Gasteiger charge is -2.03. The molecule has 24 heavy (non-hydrogen) atoms. The zero-order chi connectivity index (χ0) is 17.4. The fourth-order valence-electron chi connectivity index (χ4n) is 1.93. The highest BCUT2D eigenvalue weighted by Crippen LogP contribution is 2.17. The number of amides is 2. The number of aromatic nitrogens is 1. The largest absolute Gasteiger partial charge is 0.385 e. The van der Waals surface area contributed by atoms with E-state index in [0.29, 0.717) is 24.0 Å². The average Bonchev–Trinajstić information content (AvgIpc) is 2.98. The van der Waals surface area contributed by atoms with Crippen molar-refractivity contribution in [2.75, 3.05) is 25.6 Å². The van der Waals surface area contributed by atoms with Crippen LogP contribution in [0.25, 0.3) is 0 Å². The van der Waals surface area contributed by atoms with E-state index in [-0.39, 0.29) is 17.9 Å². The lowest BCUT2D eigenvalue weighted by Crippen LogP contribution is -2.26. The van der Waals surface area contributed by atoms with Gasteiger partial charge in [0.05, 0.1) is 17.7 Å². The average molecular weight is 351 g/mol. The number of benzene rings is 1. The minimum absolute atomic E-state index is 0.0508. The molecule has 2 rings (SSSR count). The molecule has 0 unspecified atom stereocenters. The molecule has 0 aliphatic heterocycles. The monoisotopic (exact) mass is 351 g/mol. The van der Waals surface area contributed by atoms with Crippen molar-refractivity contribution in [3.05, 3.63) is 46.7 Å². The minimum atomic E-state index is -0.595. The van der Waals surface area contributed by atoms with Crippen LogP contribution in [-0.2, 0) is 16.0 Å². The summed E-state index contributed by atoms with van der Waals surface area (Å²) in [5, 5.41) is 7.30. The summed E-state index contributed by atoms with van der Waals surface area (Å²) in [6.07, 6.45) is 0.863. The number of rotatable bonds is 8. The van der Waals surface area contributed by atoms with Crippen LogP contribution < -0.4 is 10.6 Å². The van der Waals surface area contributed by atoms with Crippen molar-refractivity contribution in [2.45, 2.75) is 12.8 Å². The maximum atomic E-state index is 13.6. The maximum Gasteiger partial charge on any atom is 0.260 e. The molecule has 0 aliphatic rings. The van der Waals surface area contributed by atoms with Crippen LogP contribution in [0, 0.1) is 5.82 Å². The first-order valence-corrected chi connectivity index (χ1v) is 8.24. The fourth-order valence-corrected chi connectivity index (χ4v) is 2.63. The van der Waals surface area contributed by atoms with Crippen LogP contribution in [0.4, 0.5) is 9.52 Å². The van der Waals surface area contributed by atoms with Crippen LogP contribution >= 0.6 is 11.3 Å². The molecule has 0 spiro atoms. The van der Waals surface area contributed by atoms with Crippen LogP contribution in [0.2, 0.25) is 0 Å². The molecule has 0 atom stereocenters. The van der Waals surface area contributed by atoms with Gasteiger partial charge >= 0.3 is 0 Å². The highest BCUT2D eigenvalue weighted by Gasteiger charge is 2.13. The predicted octanol–water partition coefficient (Wildman–Crippen LogP) is 2.23. The van der Waals surface area contributed by atoms with E-state index in [1.54, 1.807) is 18.6 Å². The first kappa shape index (κ1) is 18.0. The standard InChI is InChI=1S/C16H18FN3O3S/c1-23-8-4-7-18-14(21)9-11-10-24-16(19-11)20-15(22)12-5-2-3-6-13(12)17/h2-3,5-6,10H,4,7-9H2,1H3,(H,18,21)(H,19,20,22). The van der Waals surface area contributed by atoms with E-state index < -0.39 is 11.7 Å². The number of halogens is 1. The molecule has 0 aliphatic carbocycles. The molecule has 0 saturated heterocycles. The molecule has 2 aromatic rings.